The van der Waals surface area contributed by atoms with Gasteiger partial charge in [-0.05, 0) is 29.8 Å². The average molecular weight is 437 g/mol. The predicted molar refractivity (Wildman–Crippen MR) is 107 cm³/mol. The molecule has 0 fully saturated rings. The number of carbonyl (C=O) groups excluding carboxylic acids is 1. The molecule has 0 spiro atoms. The molecule has 10 heteroatoms. The SMILES string of the molecule is COc1cc2c(-c3cc(OC)c(OC)c(OC)c3)c(C(=O)[O-])[nH]c(=O)c2cc1OC.[Na+]. The first kappa shape index (κ1) is 24.4. The number of hydrogen-bond donors (Lipinski definition) is 1. The number of nitrogens with one attached hydrogen (secondary N) is 1. The summed E-state index contributed by atoms with van der Waals surface area (Å²) in [6, 6.07) is 6.18. The molecular formula is C21H20NNaO8. The second kappa shape index (κ2) is 9.95. The standard InChI is InChI=1S/C21H21NO8.Na/c1-26-13-8-11-12(9-14(13)27-2)20(23)22-18(21(24)25)17(11)10-6-15(28-3)19(30-5)16(7-10)29-4;/h6-9H,1-5H3,(H,22,23)(H,24,25);/q;+1/p-1. The van der Waals surface area contributed by atoms with Gasteiger partial charge < -0.3 is 38.6 Å². The number of aromatic carboxylic acids is 1. The van der Waals surface area contributed by atoms with Crippen LogP contribution in [0.15, 0.2) is 29.1 Å². The van der Waals surface area contributed by atoms with Crippen molar-refractivity contribution < 1.29 is 63.1 Å². The smallest absolute Gasteiger partial charge is 0.543 e. The number of carbonyl (C=O) groups is 1. The maximum absolute atomic E-state index is 12.6. The molecule has 0 atom stereocenters. The van der Waals surface area contributed by atoms with Crippen molar-refractivity contribution in [3.05, 3.63) is 40.3 Å². The van der Waals surface area contributed by atoms with Gasteiger partial charge in [0.2, 0.25) is 5.75 Å². The van der Waals surface area contributed by atoms with Crippen LogP contribution in [0, 0.1) is 0 Å². The van der Waals surface area contributed by atoms with E-state index >= 15 is 0 Å². The van der Waals surface area contributed by atoms with Crippen LogP contribution in [-0.4, -0.2) is 46.5 Å². The number of carboxylic acids is 1. The minimum atomic E-state index is -1.55. The number of pyridine rings is 1. The molecule has 0 amide bonds. The minimum absolute atomic E-state index is 0. The van der Waals surface area contributed by atoms with Crippen molar-refractivity contribution in [3.8, 4) is 39.9 Å². The van der Waals surface area contributed by atoms with E-state index in [-0.39, 0.29) is 40.5 Å². The second-order valence-electron chi connectivity index (χ2n) is 6.16. The molecule has 0 saturated carbocycles. The Bertz CT molecular complexity index is 1160. The third kappa shape index (κ3) is 4.30. The first-order chi connectivity index (χ1) is 14.4. The molecule has 1 heterocycles. The van der Waals surface area contributed by atoms with Crippen LogP contribution in [0.4, 0.5) is 0 Å². The number of hydrogen-bond acceptors (Lipinski definition) is 8. The summed E-state index contributed by atoms with van der Waals surface area (Å²) in [5, 5.41) is 12.4. The molecule has 0 aliphatic carbocycles. The molecule has 2 aromatic carbocycles. The Labute approximate surface area is 200 Å². The summed E-state index contributed by atoms with van der Waals surface area (Å²) in [6.45, 7) is 0. The third-order valence-corrected chi connectivity index (χ3v) is 4.68. The van der Waals surface area contributed by atoms with E-state index in [1.807, 2.05) is 0 Å². The van der Waals surface area contributed by atoms with Crippen LogP contribution >= 0.6 is 0 Å². The van der Waals surface area contributed by atoms with Gasteiger partial charge in [-0.25, -0.2) is 0 Å². The van der Waals surface area contributed by atoms with E-state index in [1.54, 1.807) is 12.1 Å². The van der Waals surface area contributed by atoms with Crippen LogP contribution in [0.2, 0.25) is 0 Å². The fourth-order valence-electron chi connectivity index (χ4n) is 3.33. The Morgan fingerprint density at radius 3 is 1.68 bits per heavy atom. The third-order valence-electron chi connectivity index (χ3n) is 4.68. The van der Waals surface area contributed by atoms with Gasteiger partial charge in [-0.1, -0.05) is 0 Å². The van der Waals surface area contributed by atoms with Crippen molar-refractivity contribution >= 4 is 16.7 Å². The first-order valence-electron chi connectivity index (χ1n) is 8.73. The Balaban J connectivity index is 0.00000341. The van der Waals surface area contributed by atoms with E-state index in [4.69, 9.17) is 23.7 Å². The second-order valence-corrected chi connectivity index (χ2v) is 6.16. The van der Waals surface area contributed by atoms with Crippen molar-refractivity contribution in [1.82, 2.24) is 4.98 Å². The minimum Gasteiger partial charge on any atom is -0.543 e. The Morgan fingerprint density at radius 2 is 1.26 bits per heavy atom. The summed E-state index contributed by atoms with van der Waals surface area (Å²) in [5.74, 6) is 0.0762. The van der Waals surface area contributed by atoms with E-state index in [1.165, 1.54) is 47.7 Å². The number of aromatic nitrogens is 1. The van der Waals surface area contributed by atoms with Gasteiger partial charge in [0.1, 0.15) is 0 Å². The van der Waals surface area contributed by atoms with Crippen molar-refractivity contribution in [2.45, 2.75) is 0 Å². The van der Waals surface area contributed by atoms with Gasteiger partial charge in [0.15, 0.2) is 23.0 Å². The zero-order chi connectivity index (χ0) is 22.0. The molecule has 3 rings (SSSR count). The van der Waals surface area contributed by atoms with E-state index < -0.39 is 17.2 Å². The molecule has 0 bridgehead atoms. The fourth-order valence-corrected chi connectivity index (χ4v) is 3.33. The molecule has 1 aromatic heterocycles. The van der Waals surface area contributed by atoms with Crippen molar-refractivity contribution in [1.29, 1.82) is 0 Å². The van der Waals surface area contributed by atoms with Gasteiger partial charge in [0.25, 0.3) is 5.56 Å². The van der Waals surface area contributed by atoms with Gasteiger partial charge in [0.05, 0.1) is 52.6 Å². The van der Waals surface area contributed by atoms with Crippen LogP contribution in [0.3, 0.4) is 0 Å². The average Bonchev–Trinajstić information content (AvgIpc) is 2.76. The number of ether oxygens (including phenoxy) is 5. The molecule has 3 aromatic rings. The first-order valence-corrected chi connectivity index (χ1v) is 8.73. The van der Waals surface area contributed by atoms with Crippen LogP contribution in [-0.2, 0) is 0 Å². The maximum atomic E-state index is 12.6. The molecule has 0 unspecified atom stereocenters. The van der Waals surface area contributed by atoms with Gasteiger partial charge in [-0.3, -0.25) is 4.79 Å². The van der Waals surface area contributed by atoms with Crippen LogP contribution < -0.4 is 63.9 Å². The molecule has 158 valence electrons. The Hall–Kier alpha value is -2.88. The van der Waals surface area contributed by atoms with Crippen molar-refractivity contribution in [3.63, 3.8) is 0 Å². The monoisotopic (exact) mass is 437 g/mol. The van der Waals surface area contributed by atoms with Gasteiger partial charge in [-0.15, -0.1) is 0 Å². The normalized spacial score (nSPS) is 10.2. The maximum Gasteiger partial charge on any atom is 1.00 e. The summed E-state index contributed by atoms with van der Waals surface area (Å²) in [5.41, 5.74) is -0.405. The number of benzene rings is 2. The van der Waals surface area contributed by atoms with E-state index in [9.17, 15) is 14.7 Å². The topological polar surface area (TPSA) is 119 Å². The Morgan fingerprint density at radius 1 is 0.774 bits per heavy atom. The number of carboxylic acid groups (broad SMARTS) is 1. The van der Waals surface area contributed by atoms with Gasteiger partial charge in [0, 0.05) is 10.9 Å². The number of fused-ring (bicyclic) bond motifs is 1. The molecule has 0 aliphatic heterocycles. The summed E-state index contributed by atoms with van der Waals surface area (Å²) < 4.78 is 26.7. The molecule has 1 N–H and O–H groups in total. The summed E-state index contributed by atoms with van der Waals surface area (Å²) in [7, 11) is 7.22. The van der Waals surface area contributed by atoms with Crippen molar-refractivity contribution in [2.24, 2.45) is 0 Å². The van der Waals surface area contributed by atoms with Crippen LogP contribution in [0.1, 0.15) is 10.5 Å². The molecule has 0 aliphatic rings. The molecule has 31 heavy (non-hydrogen) atoms. The molecular weight excluding hydrogens is 417 g/mol. The molecule has 0 radical (unpaired) electrons. The summed E-state index contributed by atoms with van der Waals surface area (Å²) in [6.07, 6.45) is 0. The summed E-state index contributed by atoms with van der Waals surface area (Å²) in [4.78, 5) is 26.8. The van der Waals surface area contributed by atoms with E-state index in [0.29, 0.717) is 39.7 Å². The van der Waals surface area contributed by atoms with Crippen LogP contribution in [0.25, 0.3) is 21.9 Å². The zero-order valence-corrected chi connectivity index (χ0v) is 20.1. The largest absolute Gasteiger partial charge is 1.00 e. The number of H-pyrrole nitrogens is 1. The van der Waals surface area contributed by atoms with E-state index in [2.05, 4.69) is 4.98 Å². The van der Waals surface area contributed by atoms with Gasteiger partial charge in [-0.2, -0.15) is 0 Å². The summed E-state index contributed by atoms with van der Waals surface area (Å²) >= 11 is 0. The zero-order valence-electron chi connectivity index (χ0n) is 18.1. The van der Waals surface area contributed by atoms with Gasteiger partial charge >= 0.3 is 29.6 Å². The number of rotatable bonds is 7. The van der Waals surface area contributed by atoms with Crippen molar-refractivity contribution in [2.75, 3.05) is 35.5 Å². The molecule has 0 saturated heterocycles. The van der Waals surface area contributed by atoms with E-state index in [0.717, 1.165) is 0 Å². The quantitative estimate of drug-likeness (QED) is 0.449. The molecule has 9 nitrogen and oxygen atoms in total. The Kier molecular flexibility index (Phi) is 7.83. The fraction of sp³-hybridized carbons (Fsp3) is 0.238. The predicted octanol–water partition coefficient (Wildman–Crippen LogP) is -1.39. The number of aromatic amines is 1. The number of methoxy groups -OCH3 is 5. The van der Waals surface area contributed by atoms with Crippen LogP contribution in [0.5, 0.6) is 28.7 Å².